The lowest BCUT2D eigenvalue weighted by Gasteiger charge is -2.39. The van der Waals surface area contributed by atoms with Gasteiger partial charge in [-0.1, -0.05) is 5.16 Å². The minimum Gasteiger partial charge on any atom is -0.459 e. The predicted octanol–water partition coefficient (Wildman–Crippen LogP) is 1.46. The van der Waals surface area contributed by atoms with Crippen molar-refractivity contribution >= 4 is 63.4 Å². The van der Waals surface area contributed by atoms with E-state index >= 15 is 0 Å². The minimum atomic E-state index is -1.80. The van der Waals surface area contributed by atoms with E-state index in [-0.39, 0.29) is 42.0 Å². The summed E-state index contributed by atoms with van der Waals surface area (Å²) in [5, 5.41) is 29.9. The number of nitro benzene ring substituents is 2. The molecule has 1 fully saturated rings. The lowest BCUT2D eigenvalue weighted by atomic mass is 9.99. The number of benzene rings is 2. The molecule has 2 atom stereocenters. The van der Waals surface area contributed by atoms with Crippen molar-refractivity contribution in [2.45, 2.75) is 38.9 Å². The van der Waals surface area contributed by atoms with Crippen LogP contribution in [0.4, 0.5) is 21.3 Å². The highest BCUT2D eigenvalue weighted by Gasteiger charge is 2.47. The van der Waals surface area contributed by atoms with Gasteiger partial charge in [-0.05, 0) is 49.2 Å². The molecule has 0 aliphatic carbocycles. The number of non-ortho nitro benzene ring substituents is 2. The number of nitrogen functional groups attached to an aromatic ring is 1. The van der Waals surface area contributed by atoms with Gasteiger partial charge in [0.05, 0.1) is 16.4 Å². The Morgan fingerprint density at radius 2 is 1.58 bits per heavy atom. The van der Waals surface area contributed by atoms with E-state index in [4.69, 9.17) is 35.4 Å². The van der Waals surface area contributed by atoms with Crippen molar-refractivity contribution in [3.8, 4) is 0 Å². The average molecular weight is 759 g/mol. The van der Waals surface area contributed by atoms with Gasteiger partial charge >= 0.3 is 18.0 Å². The van der Waals surface area contributed by atoms with Gasteiger partial charge in [0.1, 0.15) is 24.8 Å². The Kier molecular flexibility index (Phi) is 12.5. The second-order valence-electron chi connectivity index (χ2n) is 11.3. The summed E-state index contributed by atoms with van der Waals surface area (Å²) in [6.07, 6.45) is -3.04. The van der Waals surface area contributed by atoms with Crippen LogP contribution in [0.15, 0.2) is 59.1 Å². The Morgan fingerprint density at radius 3 is 2.08 bits per heavy atom. The average Bonchev–Trinajstić information content (AvgIpc) is 3.54. The number of rotatable bonds is 17. The van der Waals surface area contributed by atoms with Crippen LogP contribution in [0.3, 0.4) is 0 Å². The SMILES string of the molecule is CC(C)(O/N=C(/C(=O)NC(OC(N)=O)C1CN(OCC(=O)OCc2ccc([N+](=O)[O-])cc2)C1=O)c1csc(N)n1)C(=O)OCc1ccc([N+](=O)[O-])cc1. The Balaban J connectivity index is 1.36. The van der Waals surface area contributed by atoms with Crippen molar-refractivity contribution in [2.75, 3.05) is 18.9 Å². The van der Waals surface area contributed by atoms with Crippen molar-refractivity contribution in [3.63, 3.8) is 0 Å². The smallest absolute Gasteiger partial charge is 0.406 e. The summed E-state index contributed by atoms with van der Waals surface area (Å²) in [6, 6.07) is 10.5. The minimum absolute atomic E-state index is 0.0282. The Bertz CT molecular complexity index is 1920. The van der Waals surface area contributed by atoms with Gasteiger partial charge < -0.3 is 35.8 Å². The molecule has 1 saturated heterocycles. The number of aromatic nitrogens is 1. The number of hydrogen-bond donors (Lipinski definition) is 3. The molecule has 1 aliphatic rings. The molecule has 0 radical (unpaired) electrons. The van der Waals surface area contributed by atoms with Crippen molar-refractivity contribution < 1.29 is 57.7 Å². The number of ether oxygens (including phenoxy) is 3. The normalized spacial score (nSPS) is 14.7. The molecule has 0 spiro atoms. The van der Waals surface area contributed by atoms with Gasteiger partial charge in [0, 0.05) is 29.6 Å². The highest BCUT2D eigenvalue weighted by atomic mass is 32.1. The number of hydroxylamine groups is 2. The molecule has 1 aliphatic heterocycles. The summed E-state index contributed by atoms with van der Waals surface area (Å²) >= 11 is 0.933. The number of carbonyl (C=O) groups is 5. The van der Waals surface area contributed by atoms with Gasteiger partial charge in [0.25, 0.3) is 23.2 Å². The fourth-order valence-electron chi connectivity index (χ4n) is 4.18. The predicted molar refractivity (Wildman–Crippen MR) is 178 cm³/mol. The van der Waals surface area contributed by atoms with Crippen molar-refractivity contribution in [3.05, 3.63) is 91.0 Å². The molecule has 4 rings (SSSR count). The van der Waals surface area contributed by atoms with Crippen LogP contribution in [0.25, 0.3) is 0 Å². The topological polar surface area (TPSA) is 310 Å². The zero-order valence-electron chi connectivity index (χ0n) is 27.7. The molecule has 2 aromatic carbocycles. The molecule has 280 valence electrons. The molecule has 22 nitrogen and oxygen atoms in total. The van der Waals surface area contributed by atoms with Crippen LogP contribution in [-0.4, -0.2) is 80.4 Å². The third kappa shape index (κ3) is 10.6. The molecule has 5 N–H and O–H groups in total. The third-order valence-corrected chi connectivity index (χ3v) is 7.72. The number of nitrogens with two attached hydrogens (primary N) is 2. The summed E-state index contributed by atoms with van der Waals surface area (Å²) in [6.45, 7) is 1.08. The fraction of sp³-hybridized carbons (Fsp3) is 0.300. The number of nitro groups is 2. The number of nitrogens with one attached hydrogen (secondary N) is 1. The monoisotopic (exact) mass is 758 g/mol. The lowest BCUT2D eigenvalue weighted by Crippen LogP contribution is -2.62. The van der Waals surface area contributed by atoms with E-state index in [0.29, 0.717) is 11.1 Å². The zero-order chi connectivity index (χ0) is 38.9. The number of primary amides is 1. The molecule has 53 heavy (non-hydrogen) atoms. The van der Waals surface area contributed by atoms with E-state index < -0.39 is 69.8 Å². The van der Waals surface area contributed by atoms with E-state index in [1.165, 1.54) is 67.8 Å². The van der Waals surface area contributed by atoms with Gasteiger partial charge in [-0.3, -0.25) is 34.7 Å². The zero-order valence-corrected chi connectivity index (χ0v) is 28.5. The maximum absolute atomic E-state index is 13.5. The van der Waals surface area contributed by atoms with Gasteiger partial charge in [0.2, 0.25) is 5.60 Å². The van der Waals surface area contributed by atoms with Crippen molar-refractivity contribution in [1.29, 1.82) is 0 Å². The first-order valence-electron chi connectivity index (χ1n) is 15.0. The van der Waals surface area contributed by atoms with Gasteiger partial charge in [-0.25, -0.2) is 24.4 Å². The molecule has 23 heteroatoms. The number of thiazole rings is 1. The molecular weight excluding hydrogens is 728 g/mol. The van der Waals surface area contributed by atoms with Crippen LogP contribution in [-0.2, 0) is 56.3 Å². The van der Waals surface area contributed by atoms with Gasteiger partial charge in [0.15, 0.2) is 23.7 Å². The first kappa shape index (κ1) is 39.0. The maximum Gasteiger partial charge on any atom is 0.406 e. The number of hydrogen-bond acceptors (Lipinski definition) is 18. The molecule has 0 saturated carbocycles. The quantitative estimate of drug-likeness (QED) is 0.0334. The summed E-state index contributed by atoms with van der Waals surface area (Å²) < 4.78 is 15.3. The Labute approximate surface area is 301 Å². The molecule has 0 bridgehead atoms. The highest BCUT2D eigenvalue weighted by Crippen LogP contribution is 2.24. The summed E-state index contributed by atoms with van der Waals surface area (Å²) in [7, 11) is 0. The Morgan fingerprint density at radius 1 is 1.02 bits per heavy atom. The second-order valence-corrected chi connectivity index (χ2v) is 12.2. The lowest BCUT2D eigenvalue weighted by molar-refractivity contribution is -0.385. The molecule has 1 aromatic heterocycles. The van der Waals surface area contributed by atoms with Crippen molar-refractivity contribution in [2.24, 2.45) is 16.8 Å². The molecular formula is C30H30N8O14S. The van der Waals surface area contributed by atoms with Gasteiger partial charge in [-0.2, -0.15) is 0 Å². The van der Waals surface area contributed by atoms with E-state index in [2.05, 4.69) is 15.5 Å². The van der Waals surface area contributed by atoms with Crippen LogP contribution in [0.1, 0.15) is 30.7 Å². The first-order chi connectivity index (χ1) is 25.0. The van der Waals surface area contributed by atoms with Crippen LogP contribution in [0.5, 0.6) is 0 Å². The number of nitrogens with zero attached hydrogens (tertiary/aromatic N) is 5. The fourth-order valence-corrected chi connectivity index (χ4v) is 4.73. The maximum atomic E-state index is 13.5. The summed E-state index contributed by atoms with van der Waals surface area (Å²) in [5.74, 6) is -4.96. The van der Waals surface area contributed by atoms with Crippen molar-refractivity contribution in [1.82, 2.24) is 15.4 Å². The van der Waals surface area contributed by atoms with E-state index in [1.54, 1.807) is 0 Å². The molecule has 3 amide bonds. The summed E-state index contributed by atoms with van der Waals surface area (Å²) in [5.41, 5.74) is 9.03. The number of anilines is 1. The largest absolute Gasteiger partial charge is 0.459 e. The standard InChI is InChI=1S/C30H30N8O14S/c1-30(2,27(42)49-13-17-5-9-19(10-6-17)38(46)47)52-35-23(21-15-53-28(31)33-21)24(40)34-25(51-29(32)43)20-11-36(26(20)41)50-14-22(39)48-12-16-3-7-18(8-4-16)37(44)45/h3-10,15,20,25H,11-14H2,1-2H3,(H2,31,33)(H2,32,43)(H,34,40)/b35-23+. The van der Waals surface area contributed by atoms with Crippen LogP contribution in [0, 0.1) is 26.1 Å². The number of amides is 3. The molecule has 2 heterocycles. The highest BCUT2D eigenvalue weighted by molar-refractivity contribution is 7.13. The third-order valence-electron chi connectivity index (χ3n) is 7.05. The van der Waals surface area contributed by atoms with Crippen LogP contribution in [0.2, 0.25) is 0 Å². The van der Waals surface area contributed by atoms with E-state index in [1.807, 2.05) is 0 Å². The second kappa shape index (κ2) is 17.0. The van der Waals surface area contributed by atoms with Crippen LogP contribution < -0.4 is 16.8 Å². The number of carbonyl (C=O) groups excluding carboxylic acids is 5. The number of esters is 2. The first-order valence-corrected chi connectivity index (χ1v) is 15.9. The number of oxime groups is 1. The molecule has 3 aromatic rings. The van der Waals surface area contributed by atoms with E-state index in [9.17, 15) is 44.2 Å². The Hall–Kier alpha value is -6.75. The van der Waals surface area contributed by atoms with E-state index in [0.717, 1.165) is 16.4 Å². The van der Waals surface area contributed by atoms with Gasteiger partial charge in [-0.15, -0.1) is 11.3 Å². The summed E-state index contributed by atoms with van der Waals surface area (Å²) in [4.78, 5) is 98.0. The molecule has 2 unspecified atom stereocenters. The van der Waals surface area contributed by atoms with Crippen LogP contribution >= 0.6 is 11.3 Å². The number of β-lactam (4-membered cyclic amide) rings is 1.